The van der Waals surface area contributed by atoms with Crippen molar-refractivity contribution in [2.75, 3.05) is 19.6 Å². The number of rotatable bonds is 15. The minimum atomic E-state index is 1.02. The lowest BCUT2D eigenvalue weighted by Gasteiger charge is -2.30. The first-order valence-corrected chi connectivity index (χ1v) is 28.2. The van der Waals surface area contributed by atoms with Gasteiger partial charge in [0, 0.05) is 67.6 Å². The van der Waals surface area contributed by atoms with Gasteiger partial charge in [-0.25, -0.2) is 0 Å². The zero-order valence-electron chi connectivity index (χ0n) is 45.6. The predicted molar refractivity (Wildman–Crippen MR) is 350 cm³/mol. The van der Waals surface area contributed by atoms with Crippen molar-refractivity contribution >= 4 is 90.1 Å². The maximum absolute atomic E-state index is 2.47. The third kappa shape index (κ3) is 10.0. The Labute approximate surface area is 485 Å². The molecule has 0 amide bonds. The molecular formula is C78H57N5. The van der Waals surface area contributed by atoms with Crippen LogP contribution in [0.1, 0.15) is 0 Å². The number of aromatic nitrogens is 1. The van der Waals surface area contributed by atoms with E-state index in [1.165, 1.54) is 0 Å². The van der Waals surface area contributed by atoms with Crippen LogP contribution in [0.2, 0.25) is 0 Å². The maximum atomic E-state index is 2.47. The van der Waals surface area contributed by atoms with Crippen LogP contribution in [0.25, 0.3) is 49.7 Å². The Morgan fingerprint density at radius 2 is 0.386 bits per heavy atom. The predicted octanol–water partition coefficient (Wildman–Crippen LogP) is 22.0. The smallest absolute Gasteiger partial charge is 0.0541 e. The van der Waals surface area contributed by atoms with Crippen LogP contribution in [0.3, 0.4) is 0 Å². The van der Waals surface area contributed by atoms with Gasteiger partial charge in [-0.15, -0.1) is 0 Å². The molecule has 0 aliphatic rings. The highest BCUT2D eigenvalue weighted by atomic mass is 15.2. The number of hydrogen-bond donors (Lipinski definition) is 0. The fraction of sp³-hybridized carbons (Fsp3) is 0. The molecule has 14 aromatic rings. The van der Waals surface area contributed by atoms with Crippen molar-refractivity contribution < 1.29 is 0 Å². The number of fused-ring (bicyclic) bond motifs is 3. The molecule has 0 aliphatic carbocycles. The topological polar surface area (TPSA) is 17.9 Å². The van der Waals surface area contributed by atoms with Crippen LogP contribution in [-0.4, -0.2) is 4.57 Å². The van der Waals surface area contributed by atoms with Gasteiger partial charge in [0.15, 0.2) is 0 Å². The van der Waals surface area contributed by atoms with E-state index in [0.717, 1.165) is 118 Å². The van der Waals surface area contributed by atoms with Crippen LogP contribution in [0.5, 0.6) is 0 Å². The zero-order valence-corrected chi connectivity index (χ0v) is 45.6. The number of para-hydroxylation sites is 8. The van der Waals surface area contributed by atoms with Crippen molar-refractivity contribution in [3.63, 3.8) is 0 Å². The quantitative estimate of drug-likeness (QED) is 0.102. The van der Waals surface area contributed by atoms with E-state index in [4.69, 9.17) is 0 Å². The molecular weight excluding hydrogens is 1010 g/mol. The highest BCUT2D eigenvalue weighted by Gasteiger charge is 2.23. The molecule has 1 aromatic heterocycles. The van der Waals surface area contributed by atoms with Crippen molar-refractivity contribution in [1.82, 2.24) is 4.57 Å². The molecule has 0 saturated heterocycles. The summed E-state index contributed by atoms with van der Waals surface area (Å²) in [7, 11) is 0. The summed E-state index contributed by atoms with van der Waals surface area (Å²) in [6, 6.07) is 124. The van der Waals surface area contributed by atoms with E-state index in [-0.39, 0.29) is 0 Å². The van der Waals surface area contributed by atoms with Gasteiger partial charge < -0.3 is 24.2 Å². The Hall–Kier alpha value is -11.1. The van der Waals surface area contributed by atoms with Crippen molar-refractivity contribution in [1.29, 1.82) is 0 Å². The minimum absolute atomic E-state index is 1.02. The van der Waals surface area contributed by atoms with E-state index in [1.54, 1.807) is 0 Å². The number of hydrogen-bond acceptors (Lipinski definition) is 4. The maximum Gasteiger partial charge on any atom is 0.0541 e. The molecule has 0 radical (unpaired) electrons. The molecule has 5 heteroatoms. The lowest BCUT2D eigenvalue weighted by atomic mass is 9.99. The van der Waals surface area contributed by atoms with Crippen LogP contribution in [0.4, 0.5) is 68.2 Å². The number of benzene rings is 13. The van der Waals surface area contributed by atoms with Gasteiger partial charge >= 0.3 is 0 Å². The zero-order chi connectivity index (χ0) is 55.3. The largest absolute Gasteiger partial charge is 0.311 e. The monoisotopic (exact) mass is 1060 g/mol. The van der Waals surface area contributed by atoms with Gasteiger partial charge in [-0.3, -0.25) is 0 Å². The van der Waals surface area contributed by atoms with Crippen molar-refractivity contribution in [2.45, 2.75) is 0 Å². The van der Waals surface area contributed by atoms with Gasteiger partial charge in [0.25, 0.3) is 0 Å². The van der Waals surface area contributed by atoms with Crippen LogP contribution in [0.15, 0.2) is 346 Å². The molecule has 394 valence electrons. The summed E-state index contributed by atoms with van der Waals surface area (Å²) >= 11 is 0. The Morgan fingerprint density at radius 3 is 0.639 bits per heavy atom. The Morgan fingerprint density at radius 1 is 0.169 bits per heavy atom. The van der Waals surface area contributed by atoms with Crippen LogP contribution in [-0.2, 0) is 0 Å². The first kappa shape index (κ1) is 50.1. The molecule has 0 N–H and O–H groups in total. The SMILES string of the molecule is c1ccc(N(c2ccccc2)c2ccc(-c3ccc4c(c3)c3cc(-c5ccc(N(c6ccccc6)c6ccccc6)cc5)ccc3n4-c3cc(N(c4ccccc4)c4ccccc4)cc(N(c4ccccc4)c4ccccc4)c3)cc2)cc1. The van der Waals surface area contributed by atoms with Crippen LogP contribution >= 0.6 is 0 Å². The summed E-state index contributed by atoms with van der Waals surface area (Å²) in [5.74, 6) is 0. The van der Waals surface area contributed by atoms with E-state index in [9.17, 15) is 0 Å². The molecule has 0 fully saturated rings. The van der Waals surface area contributed by atoms with E-state index in [2.05, 4.69) is 370 Å². The first-order chi connectivity index (χ1) is 41.2. The normalized spacial score (nSPS) is 11.1. The summed E-state index contributed by atoms with van der Waals surface area (Å²) in [6.45, 7) is 0. The van der Waals surface area contributed by atoms with Crippen LogP contribution < -0.4 is 19.6 Å². The summed E-state index contributed by atoms with van der Waals surface area (Å²) < 4.78 is 2.47. The van der Waals surface area contributed by atoms with Gasteiger partial charge in [0.2, 0.25) is 0 Å². The third-order valence-corrected chi connectivity index (χ3v) is 15.5. The van der Waals surface area contributed by atoms with E-state index in [0.29, 0.717) is 0 Å². The standard InChI is InChI=1S/C78H57N5/c1-9-25-62(26-10-1)79(63-27-11-2-12-28-63)70-47-41-58(42-48-70)60-45-51-77-75(53-60)76-54-61(59-43-49-71(50-44-59)80(64-29-13-3-14-30-64)65-31-15-4-16-32-65)46-52-78(76)83(77)74-56-72(81(66-33-17-5-18-34-66)67-35-19-6-20-36-67)55-73(57-74)82(68-37-21-7-22-38-68)69-39-23-8-24-40-69/h1-57H. The summed E-state index contributed by atoms with van der Waals surface area (Å²) in [5, 5.41) is 2.32. The minimum Gasteiger partial charge on any atom is -0.311 e. The highest BCUT2D eigenvalue weighted by Crippen LogP contribution is 2.46. The van der Waals surface area contributed by atoms with E-state index < -0.39 is 0 Å². The second-order valence-corrected chi connectivity index (χ2v) is 20.6. The van der Waals surface area contributed by atoms with E-state index in [1.807, 2.05) is 0 Å². The molecule has 0 unspecified atom stereocenters. The molecule has 0 atom stereocenters. The Kier molecular flexibility index (Phi) is 13.6. The lowest BCUT2D eigenvalue weighted by molar-refractivity contribution is 1.16. The fourth-order valence-electron chi connectivity index (χ4n) is 11.6. The Balaban J connectivity index is 0.965. The lowest BCUT2D eigenvalue weighted by Crippen LogP contribution is -2.14. The molecule has 5 nitrogen and oxygen atoms in total. The molecule has 0 aliphatic heterocycles. The highest BCUT2D eigenvalue weighted by molar-refractivity contribution is 6.12. The van der Waals surface area contributed by atoms with Crippen molar-refractivity contribution in [2.24, 2.45) is 0 Å². The fourth-order valence-corrected chi connectivity index (χ4v) is 11.6. The van der Waals surface area contributed by atoms with Gasteiger partial charge in [-0.05, 0) is 186 Å². The number of nitrogens with zero attached hydrogens (tertiary/aromatic N) is 5. The Bertz CT molecular complexity index is 4000. The molecule has 0 bridgehead atoms. The molecule has 1 heterocycles. The average Bonchev–Trinajstić information content (AvgIpc) is 4.12. The average molecular weight is 1060 g/mol. The summed E-state index contributed by atoms with van der Waals surface area (Å²) in [6.07, 6.45) is 0. The third-order valence-electron chi connectivity index (χ3n) is 15.5. The second kappa shape index (κ2) is 22.5. The summed E-state index contributed by atoms with van der Waals surface area (Å²) in [4.78, 5) is 9.36. The molecule has 0 spiro atoms. The second-order valence-electron chi connectivity index (χ2n) is 20.6. The van der Waals surface area contributed by atoms with Gasteiger partial charge in [-0.1, -0.05) is 182 Å². The molecule has 14 rings (SSSR count). The van der Waals surface area contributed by atoms with Crippen molar-refractivity contribution in [3.05, 3.63) is 346 Å². The van der Waals surface area contributed by atoms with Gasteiger partial charge in [-0.2, -0.15) is 0 Å². The number of anilines is 12. The van der Waals surface area contributed by atoms with Gasteiger partial charge in [0.1, 0.15) is 0 Å². The molecule has 0 saturated carbocycles. The van der Waals surface area contributed by atoms with Crippen molar-refractivity contribution in [3.8, 4) is 27.9 Å². The van der Waals surface area contributed by atoms with E-state index >= 15 is 0 Å². The molecule has 83 heavy (non-hydrogen) atoms. The summed E-state index contributed by atoms with van der Waals surface area (Å²) in [5.41, 5.74) is 20.7. The van der Waals surface area contributed by atoms with Crippen LogP contribution in [0, 0.1) is 0 Å². The van der Waals surface area contributed by atoms with Gasteiger partial charge in [0.05, 0.1) is 28.1 Å². The molecule has 13 aromatic carbocycles. The first-order valence-electron chi connectivity index (χ1n) is 28.2.